The van der Waals surface area contributed by atoms with E-state index in [1.54, 1.807) is 6.92 Å². The minimum Gasteiger partial charge on any atom is -0.466 e. The maximum Gasteiger partial charge on any atom is 0.335 e. The second-order valence-electron chi connectivity index (χ2n) is 2.87. The lowest BCUT2D eigenvalue weighted by atomic mass is 10.2. The molecule has 0 radical (unpaired) electrons. The van der Waals surface area contributed by atoms with Crippen LogP contribution in [0.1, 0.15) is 27.7 Å². The van der Waals surface area contributed by atoms with Gasteiger partial charge in [-0.1, -0.05) is 0 Å². The van der Waals surface area contributed by atoms with E-state index in [0.717, 1.165) is 18.8 Å². The number of esters is 1. The highest BCUT2D eigenvalue weighted by Crippen LogP contribution is 2.10. The summed E-state index contributed by atoms with van der Waals surface area (Å²) >= 11 is 0. The molecule has 0 aromatic heterocycles. The number of rotatable bonds is 4. The SMILES string of the molecule is CCN(CC)C(C)=C(C)C(=O)OC. The maximum atomic E-state index is 11.2. The van der Waals surface area contributed by atoms with Crippen LogP contribution in [0.2, 0.25) is 0 Å². The molecule has 0 atom stereocenters. The third kappa shape index (κ3) is 3.09. The average Bonchev–Trinajstić information content (AvgIpc) is 2.17. The van der Waals surface area contributed by atoms with Gasteiger partial charge in [0.05, 0.1) is 12.7 Å². The Morgan fingerprint density at radius 1 is 1.23 bits per heavy atom. The summed E-state index contributed by atoms with van der Waals surface area (Å²) in [6, 6.07) is 0. The van der Waals surface area contributed by atoms with Crippen molar-refractivity contribution in [1.82, 2.24) is 4.90 Å². The summed E-state index contributed by atoms with van der Waals surface area (Å²) in [7, 11) is 1.40. The molecule has 0 rings (SSSR count). The third-order valence-corrected chi connectivity index (χ3v) is 2.27. The summed E-state index contributed by atoms with van der Waals surface area (Å²) in [4.78, 5) is 13.3. The molecule has 0 unspecified atom stereocenters. The van der Waals surface area contributed by atoms with E-state index in [9.17, 15) is 4.79 Å². The smallest absolute Gasteiger partial charge is 0.335 e. The lowest BCUT2D eigenvalue weighted by Crippen LogP contribution is -2.23. The number of hydrogen-bond donors (Lipinski definition) is 0. The predicted molar refractivity (Wildman–Crippen MR) is 53.3 cm³/mol. The molecule has 0 aliphatic carbocycles. The monoisotopic (exact) mass is 185 g/mol. The van der Waals surface area contributed by atoms with Gasteiger partial charge in [0.2, 0.25) is 0 Å². The standard InChI is InChI=1S/C10H19NO2/c1-6-11(7-2)9(4)8(3)10(12)13-5/h6-7H2,1-5H3. The van der Waals surface area contributed by atoms with Gasteiger partial charge < -0.3 is 9.64 Å². The number of allylic oxidation sites excluding steroid dienone is 1. The highest BCUT2D eigenvalue weighted by atomic mass is 16.5. The van der Waals surface area contributed by atoms with Crippen molar-refractivity contribution in [2.45, 2.75) is 27.7 Å². The fraction of sp³-hybridized carbons (Fsp3) is 0.700. The lowest BCUT2D eigenvalue weighted by Gasteiger charge is -2.23. The Bertz CT molecular complexity index is 205. The molecule has 0 bridgehead atoms. The predicted octanol–water partition coefficient (Wildman–Crippen LogP) is 1.80. The zero-order valence-corrected chi connectivity index (χ0v) is 9.18. The zero-order chi connectivity index (χ0) is 10.4. The van der Waals surface area contributed by atoms with Crippen molar-refractivity contribution in [3.05, 3.63) is 11.3 Å². The van der Waals surface area contributed by atoms with Crippen molar-refractivity contribution >= 4 is 5.97 Å². The Hall–Kier alpha value is -0.990. The lowest BCUT2D eigenvalue weighted by molar-refractivity contribution is -0.136. The first-order valence-corrected chi connectivity index (χ1v) is 4.59. The molecule has 0 fully saturated rings. The fourth-order valence-electron chi connectivity index (χ4n) is 1.24. The van der Waals surface area contributed by atoms with Crippen LogP contribution in [0, 0.1) is 0 Å². The molecule has 0 saturated heterocycles. The van der Waals surface area contributed by atoms with Crippen molar-refractivity contribution in [3.63, 3.8) is 0 Å². The van der Waals surface area contributed by atoms with Crippen molar-refractivity contribution in [3.8, 4) is 0 Å². The molecule has 0 aliphatic heterocycles. The molecule has 3 nitrogen and oxygen atoms in total. The van der Waals surface area contributed by atoms with E-state index < -0.39 is 0 Å². The molecule has 0 aliphatic rings. The largest absolute Gasteiger partial charge is 0.466 e. The molecule has 0 saturated carbocycles. The summed E-state index contributed by atoms with van der Waals surface area (Å²) in [6.07, 6.45) is 0. The Labute approximate surface area is 80.4 Å². The Morgan fingerprint density at radius 2 is 1.69 bits per heavy atom. The molecule has 0 aromatic rings. The van der Waals surface area contributed by atoms with Crippen molar-refractivity contribution in [2.24, 2.45) is 0 Å². The highest BCUT2D eigenvalue weighted by Gasteiger charge is 2.10. The summed E-state index contributed by atoms with van der Waals surface area (Å²) < 4.78 is 4.65. The van der Waals surface area contributed by atoms with Crippen LogP contribution < -0.4 is 0 Å². The minimum absolute atomic E-state index is 0.246. The first-order chi connectivity index (χ1) is 6.08. The second kappa shape index (κ2) is 5.62. The number of nitrogens with zero attached hydrogens (tertiary/aromatic N) is 1. The third-order valence-electron chi connectivity index (χ3n) is 2.27. The number of carbonyl (C=O) groups is 1. The molecular weight excluding hydrogens is 166 g/mol. The van der Waals surface area contributed by atoms with Gasteiger partial charge in [0.1, 0.15) is 0 Å². The van der Waals surface area contributed by atoms with E-state index in [0.29, 0.717) is 5.57 Å². The number of hydrogen-bond acceptors (Lipinski definition) is 3. The fourth-order valence-corrected chi connectivity index (χ4v) is 1.24. The first-order valence-electron chi connectivity index (χ1n) is 4.59. The maximum absolute atomic E-state index is 11.2. The molecule has 0 spiro atoms. The van der Waals surface area contributed by atoms with Gasteiger partial charge in [0.15, 0.2) is 0 Å². The van der Waals surface area contributed by atoms with Gasteiger partial charge in [-0.25, -0.2) is 4.79 Å². The Morgan fingerprint density at radius 3 is 2.00 bits per heavy atom. The van der Waals surface area contributed by atoms with Crippen molar-refractivity contribution in [2.75, 3.05) is 20.2 Å². The van der Waals surface area contributed by atoms with Gasteiger partial charge in [0.25, 0.3) is 0 Å². The molecule has 76 valence electrons. The van der Waals surface area contributed by atoms with Crippen LogP contribution in [0.5, 0.6) is 0 Å². The first kappa shape index (κ1) is 12.0. The molecule has 0 amide bonds. The second-order valence-corrected chi connectivity index (χ2v) is 2.87. The molecule has 13 heavy (non-hydrogen) atoms. The normalized spacial score (nSPS) is 12.1. The summed E-state index contributed by atoms with van der Waals surface area (Å²) in [5.74, 6) is -0.246. The van der Waals surface area contributed by atoms with E-state index in [2.05, 4.69) is 23.5 Å². The van der Waals surface area contributed by atoms with Crippen molar-refractivity contribution < 1.29 is 9.53 Å². The van der Waals surface area contributed by atoms with Gasteiger partial charge in [0, 0.05) is 18.8 Å². The van der Waals surface area contributed by atoms with Crippen LogP contribution in [0.15, 0.2) is 11.3 Å². The van der Waals surface area contributed by atoms with E-state index in [-0.39, 0.29) is 5.97 Å². The van der Waals surface area contributed by atoms with Gasteiger partial charge in [-0.15, -0.1) is 0 Å². The summed E-state index contributed by atoms with van der Waals surface area (Å²) in [5, 5.41) is 0. The van der Waals surface area contributed by atoms with Crippen LogP contribution in [-0.2, 0) is 9.53 Å². The minimum atomic E-state index is -0.246. The molecule has 0 aromatic carbocycles. The van der Waals surface area contributed by atoms with Crippen LogP contribution in [0.25, 0.3) is 0 Å². The van der Waals surface area contributed by atoms with Crippen LogP contribution in [-0.4, -0.2) is 31.1 Å². The van der Waals surface area contributed by atoms with Crippen LogP contribution in [0.4, 0.5) is 0 Å². The zero-order valence-electron chi connectivity index (χ0n) is 9.18. The van der Waals surface area contributed by atoms with Gasteiger partial charge >= 0.3 is 5.97 Å². The quantitative estimate of drug-likeness (QED) is 0.494. The Balaban J connectivity index is 4.67. The Kier molecular flexibility index (Phi) is 5.19. The average molecular weight is 185 g/mol. The van der Waals surface area contributed by atoms with E-state index in [4.69, 9.17) is 0 Å². The number of ether oxygens (including phenoxy) is 1. The van der Waals surface area contributed by atoms with Crippen LogP contribution >= 0.6 is 0 Å². The molecule has 3 heteroatoms. The van der Waals surface area contributed by atoms with Gasteiger partial charge in [-0.3, -0.25) is 0 Å². The number of methoxy groups -OCH3 is 1. The molecule has 0 heterocycles. The summed E-state index contributed by atoms with van der Waals surface area (Å²) in [6.45, 7) is 9.70. The van der Waals surface area contributed by atoms with Crippen molar-refractivity contribution in [1.29, 1.82) is 0 Å². The van der Waals surface area contributed by atoms with Gasteiger partial charge in [-0.2, -0.15) is 0 Å². The van der Waals surface area contributed by atoms with E-state index in [1.165, 1.54) is 7.11 Å². The van der Waals surface area contributed by atoms with Gasteiger partial charge in [-0.05, 0) is 27.7 Å². The molecule has 0 N–H and O–H groups in total. The number of carbonyl (C=O) groups excluding carboxylic acids is 1. The van der Waals surface area contributed by atoms with Crippen LogP contribution in [0.3, 0.4) is 0 Å². The van der Waals surface area contributed by atoms with E-state index in [1.807, 2.05) is 6.92 Å². The summed E-state index contributed by atoms with van der Waals surface area (Å²) in [5.41, 5.74) is 1.68. The highest BCUT2D eigenvalue weighted by molar-refractivity contribution is 5.88. The van der Waals surface area contributed by atoms with E-state index >= 15 is 0 Å². The topological polar surface area (TPSA) is 29.5 Å². The molecular formula is C10H19NO2.